The lowest BCUT2D eigenvalue weighted by atomic mass is 10.2. The zero-order chi connectivity index (χ0) is 21.3. The van der Waals surface area contributed by atoms with Gasteiger partial charge in [-0.05, 0) is 36.8 Å². The Labute approximate surface area is 174 Å². The highest BCUT2D eigenvalue weighted by atomic mass is 19.1. The summed E-state index contributed by atoms with van der Waals surface area (Å²) in [6.45, 7) is 6.72. The summed E-state index contributed by atoms with van der Waals surface area (Å²) in [5, 5.41) is 10.8. The largest absolute Gasteiger partial charge is 0.489 e. The minimum atomic E-state index is -0.534. The van der Waals surface area contributed by atoms with Gasteiger partial charge in [-0.1, -0.05) is 38.5 Å². The van der Waals surface area contributed by atoms with Crippen molar-refractivity contribution in [1.82, 2.24) is 19.7 Å². The Morgan fingerprint density at radius 3 is 2.97 bits per heavy atom. The lowest BCUT2D eigenvalue weighted by Crippen LogP contribution is -2.15. The summed E-state index contributed by atoms with van der Waals surface area (Å²) in [7, 11) is 0. The molecule has 2 aromatic heterocycles. The van der Waals surface area contributed by atoms with E-state index >= 15 is 0 Å². The van der Waals surface area contributed by atoms with Gasteiger partial charge in [0.15, 0.2) is 5.82 Å². The van der Waals surface area contributed by atoms with E-state index in [1.54, 1.807) is 30.6 Å². The zero-order valence-electron chi connectivity index (χ0n) is 16.8. The van der Waals surface area contributed by atoms with Gasteiger partial charge in [-0.25, -0.2) is 9.37 Å². The van der Waals surface area contributed by atoms with Crippen LogP contribution in [-0.4, -0.2) is 32.3 Å². The fourth-order valence-electron chi connectivity index (χ4n) is 2.92. The number of carbonyl (C=O) groups excluding carboxylic acids is 1. The third-order valence-corrected chi connectivity index (χ3v) is 4.38. The second kappa shape index (κ2) is 10.3. The van der Waals surface area contributed by atoms with Crippen molar-refractivity contribution in [1.29, 1.82) is 0 Å². The van der Waals surface area contributed by atoms with Gasteiger partial charge in [0.25, 0.3) is 5.91 Å². The average Bonchev–Trinajstić information content (AvgIpc) is 3.22. The van der Waals surface area contributed by atoms with Crippen LogP contribution < -0.4 is 10.1 Å². The molecule has 0 aliphatic heterocycles. The van der Waals surface area contributed by atoms with Gasteiger partial charge in [-0.2, -0.15) is 0 Å². The summed E-state index contributed by atoms with van der Waals surface area (Å²) in [5.41, 5.74) is 0.663. The van der Waals surface area contributed by atoms with Crippen LogP contribution in [-0.2, 0) is 6.54 Å². The van der Waals surface area contributed by atoms with Crippen LogP contribution in [0.5, 0.6) is 5.75 Å². The summed E-state index contributed by atoms with van der Waals surface area (Å²) in [6.07, 6.45) is 6.48. The van der Waals surface area contributed by atoms with Gasteiger partial charge in [0.2, 0.25) is 0 Å². The van der Waals surface area contributed by atoms with Gasteiger partial charge in [0.1, 0.15) is 36.0 Å². The third-order valence-electron chi connectivity index (χ3n) is 4.38. The highest BCUT2D eigenvalue weighted by Gasteiger charge is 2.16. The number of hydrogen-bond donors (Lipinski definition) is 1. The molecule has 1 aromatic carbocycles. The van der Waals surface area contributed by atoms with Gasteiger partial charge in [0, 0.05) is 6.54 Å². The molecular formula is C22H24FN5O2. The van der Waals surface area contributed by atoms with Gasteiger partial charge >= 0.3 is 0 Å². The molecule has 0 fully saturated rings. The van der Waals surface area contributed by atoms with Crippen molar-refractivity contribution in [2.45, 2.75) is 32.7 Å². The molecule has 0 atom stereocenters. The molecule has 0 aliphatic carbocycles. The van der Waals surface area contributed by atoms with E-state index in [1.165, 1.54) is 12.1 Å². The molecule has 0 aliphatic rings. The Balaban J connectivity index is 1.80. The van der Waals surface area contributed by atoms with Crippen molar-refractivity contribution in [3.63, 3.8) is 0 Å². The number of nitrogens with one attached hydrogen (secondary N) is 1. The van der Waals surface area contributed by atoms with Crippen molar-refractivity contribution in [3.05, 3.63) is 66.8 Å². The molecule has 1 amide bonds. The van der Waals surface area contributed by atoms with Crippen LogP contribution in [0.25, 0.3) is 11.5 Å². The Kier molecular flexibility index (Phi) is 7.26. The highest BCUT2D eigenvalue weighted by molar-refractivity contribution is 6.05. The highest BCUT2D eigenvalue weighted by Crippen LogP contribution is 2.22. The standard InChI is InChI=1S/C22H24FN5O2/c1-3-5-6-12-28-15-24-27-21(28)18-8-7-9-20(25-18)26-22(29)17-14-16(23)10-11-19(17)30-13-4-2/h4,7-11,14-15H,2-3,5-6,12-13H2,1H3,(H,25,26,29). The number of aryl methyl sites for hydroxylation is 1. The normalized spacial score (nSPS) is 10.6. The van der Waals surface area contributed by atoms with Crippen LogP contribution in [0.3, 0.4) is 0 Å². The molecule has 2 heterocycles. The number of nitrogens with zero attached hydrogens (tertiary/aromatic N) is 4. The molecule has 0 bridgehead atoms. The number of aromatic nitrogens is 4. The molecule has 3 aromatic rings. The lowest BCUT2D eigenvalue weighted by Gasteiger charge is -2.11. The van der Waals surface area contributed by atoms with E-state index in [9.17, 15) is 9.18 Å². The van der Waals surface area contributed by atoms with E-state index in [-0.39, 0.29) is 17.9 Å². The maximum Gasteiger partial charge on any atom is 0.260 e. The van der Waals surface area contributed by atoms with Gasteiger partial charge in [-0.3, -0.25) is 4.79 Å². The fourth-order valence-corrected chi connectivity index (χ4v) is 2.92. The Morgan fingerprint density at radius 1 is 1.30 bits per heavy atom. The Bertz CT molecular complexity index is 1020. The van der Waals surface area contributed by atoms with E-state index in [2.05, 4.69) is 34.0 Å². The maximum absolute atomic E-state index is 13.7. The van der Waals surface area contributed by atoms with Crippen LogP contribution in [0.4, 0.5) is 10.2 Å². The monoisotopic (exact) mass is 409 g/mol. The van der Waals surface area contributed by atoms with Crippen molar-refractivity contribution in [2.24, 2.45) is 0 Å². The number of halogens is 1. The molecule has 30 heavy (non-hydrogen) atoms. The Hall–Kier alpha value is -3.55. The summed E-state index contributed by atoms with van der Waals surface area (Å²) in [6, 6.07) is 9.00. The minimum absolute atomic E-state index is 0.0757. The average molecular weight is 409 g/mol. The first-order valence-corrected chi connectivity index (χ1v) is 9.82. The van der Waals surface area contributed by atoms with Crippen molar-refractivity contribution in [3.8, 4) is 17.3 Å². The maximum atomic E-state index is 13.7. The summed E-state index contributed by atoms with van der Waals surface area (Å²) < 4.78 is 21.1. The second-order valence-corrected chi connectivity index (χ2v) is 6.66. The van der Waals surface area contributed by atoms with Crippen LogP contribution in [0.15, 0.2) is 55.4 Å². The summed E-state index contributed by atoms with van der Waals surface area (Å²) >= 11 is 0. The number of benzene rings is 1. The molecule has 0 spiro atoms. The van der Waals surface area contributed by atoms with Crippen LogP contribution in [0.2, 0.25) is 0 Å². The van der Waals surface area contributed by atoms with Gasteiger partial charge in [0.05, 0.1) is 5.56 Å². The lowest BCUT2D eigenvalue weighted by molar-refractivity contribution is 0.102. The summed E-state index contributed by atoms with van der Waals surface area (Å²) in [4.78, 5) is 17.2. The SMILES string of the molecule is C=CCOc1ccc(F)cc1C(=O)Nc1cccc(-c2nncn2CCCCC)n1. The molecule has 3 rings (SSSR count). The fraction of sp³-hybridized carbons (Fsp3) is 0.273. The van der Waals surface area contributed by atoms with E-state index in [1.807, 2.05) is 4.57 Å². The number of hydrogen-bond acceptors (Lipinski definition) is 5. The van der Waals surface area contributed by atoms with E-state index in [0.717, 1.165) is 31.9 Å². The molecule has 0 radical (unpaired) electrons. The second-order valence-electron chi connectivity index (χ2n) is 6.66. The Morgan fingerprint density at radius 2 is 2.17 bits per heavy atom. The van der Waals surface area contributed by atoms with Crippen molar-refractivity contribution >= 4 is 11.7 Å². The van der Waals surface area contributed by atoms with Crippen LogP contribution in [0, 0.1) is 5.82 Å². The molecule has 7 nitrogen and oxygen atoms in total. The zero-order valence-corrected chi connectivity index (χ0v) is 16.8. The van der Waals surface area contributed by atoms with Crippen molar-refractivity contribution in [2.75, 3.05) is 11.9 Å². The molecule has 1 N–H and O–H groups in total. The topological polar surface area (TPSA) is 81.9 Å². The van der Waals surface area contributed by atoms with Crippen LogP contribution >= 0.6 is 0 Å². The predicted octanol–water partition coefficient (Wildman–Crippen LogP) is 4.49. The molecule has 156 valence electrons. The minimum Gasteiger partial charge on any atom is -0.489 e. The smallest absolute Gasteiger partial charge is 0.260 e. The van der Waals surface area contributed by atoms with Gasteiger partial charge in [-0.15, -0.1) is 10.2 Å². The number of pyridine rings is 1. The first-order chi connectivity index (χ1) is 14.6. The number of anilines is 1. The van der Waals surface area contributed by atoms with E-state index in [4.69, 9.17) is 4.74 Å². The quantitative estimate of drug-likeness (QED) is 0.394. The van der Waals surface area contributed by atoms with Gasteiger partial charge < -0.3 is 14.6 Å². The number of ether oxygens (including phenoxy) is 1. The predicted molar refractivity (Wildman–Crippen MR) is 113 cm³/mol. The van der Waals surface area contributed by atoms with E-state index < -0.39 is 11.7 Å². The van der Waals surface area contributed by atoms with Crippen molar-refractivity contribution < 1.29 is 13.9 Å². The molecule has 0 unspecified atom stereocenters. The summed E-state index contributed by atoms with van der Waals surface area (Å²) in [5.74, 6) is 0.152. The number of carbonyl (C=O) groups is 1. The molecular weight excluding hydrogens is 385 g/mol. The molecule has 0 saturated carbocycles. The number of unbranched alkanes of at least 4 members (excludes halogenated alkanes) is 2. The first-order valence-electron chi connectivity index (χ1n) is 9.82. The first kappa shape index (κ1) is 21.2. The molecule has 8 heteroatoms. The van der Waals surface area contributed by atoms with Crippen LogP contribution in [0.1, 0.15) is 36.5 Å². The number of rotatable bonds is 10. The van der Waals surface area contributed by atoms with E-state index in [0.29, 0.717) is 17.3 Å². The molecule has 0 saturated heterocycles. The third kappa shape index (κ3) is 5.28. The number of amides is 1.